The molecule has 0 heterocycles. The third-order valence-electron chi connectivity index (χ3n) is 5.05. The van der Waals surface area contributed by atoms with Gasteiger partial charge in [-0.05, 0) is 48.9 Å². The molecule has 3 aromatic rings. The Morgan fingerprint density at radius 1 is 0.655 bits per heavy atom. The fourth-order valence-electron chi connectivity index (χ4n) is 3.86. The molecule has 29 heavy (non-hydrogen) atoms. The topological polar surface area (TPSA) is 18.5 Å². The van der Waals surface area contributed by atoms with Crippen molar-refractivity contribution in [2.24, 2.45) is 0 Å². The van der Waals surface area contributed by atoms with E-state index >= 15 is 0 Å². The highest BCUT2D eigenvalue weighted by Crippen LogP contribution is 2.34. The van der Waals surface area contributed by atoms with Gasteiger partial charge in [-0.1, -0.05) is 91.0 Å². The van der Waals surface area contributed by atoms with Gasteiger partial charge in [0.05, 0.1) is 6.61 Å². The molecule has 0 N–H and O–H groups in total. The first kappa shape index (κ1) is 21.7. The molecule has 0 aromatic heterocycles. The lowest BCUT2D eigenvalue weighted by atomic mass is 9.93. The minimum atomic E-state index is -2.23. The molecule has 0 fully saturated rings. The molecule has 0 aliphatic rings. The van der Waals surface area contributed by atoms with Crippen LogP contribution in [-0.2, 0) is 15.1 Å². The second-order valence-corrected chi connectivity index (χ2v) is 16.4. The minimum Gasteiger partial charge on any atom is -0.436 e. The van der Waals surface area contributed by atoms with Gasteiger partial charge in [0.25, 0.3) is 0 Å². The zero-order valence-corrected chi connectivity index (χ0v) is 20.0. The summed E-state index contributed by atoms with van der Waals surface area (Å²) in [5.74, 6) is 0.345. The molecule has 0 saturated carbocycles. The van der Waals surface area contributed by atoms with E-state index in [1.54, 1.807) is 0 Å². The van der Waals surface area contributed by atoms with Crippen molar-refractivity contribution in [2.45, 2.75) is 44.8 Å². The molecule has 0 saturated heterocycles. The number of rotatable bonds is 9. The maximum atomic E-state index is 6.78. The van der Waals surface area contributed by atoms with Crippen LogP contribution in [0.15, 0.2) is 91.0 Å². The molecule has 152 valence electrons. The van der Waals surface area contributed by atoms with Crippen molar-refractivity contribution in [3.63, 3.8) is 0 Å². The Labute approximate surface area is 177 Å². The Bertz CT molecular complexity index is 826. The molecule has 0 bridgehead atoms. The smallest absolute Gasteiger partial charge is 0.321 e. The van der Waals surface area contributed by atoms with Gasteiger partial charge < -0.3 is 8.54 Å². The van der Waals surface area contributed by atoms with Crippen LogP contribution in [0.1, 0.15) is 22.6 Å². The van der Waals surface area contributed by atoms with Crippen molar-refractivity contribution in [1.29, 1.82) is 0 Å². The predicted octanol–water partition coefficient (Wildman–Crippen LogP) is 6.96. The molecule has 0 spiro atoms. The van der Waals surface area contributed by atoms with E-state index in [2.05, 4.69) is 111 Å². The summed E-state index contributed by atoms with van der Waals surface area (Å²) >= 11 is 0. The summed E-state index contributed by atoms with van der Waals surface area (Å²) in [6, 6.07) is 33.0. The zero-order valence-electron chi connectivity index (χ0n) is 18.0. The van der Waals surface area contributed by atoms with Crippen LogP contribution in [0, 0.1) is 0 Å². The van der Waals surface area contributed by atoms with Gasteiger partial charge in [-0.2, -0.15) is 0 Å². The van der Waals surface area contributed by atoms with E-state index in [0.29, 0.717) is 12.5 Å². The lowest BCUT2D eigenvalue weighted by Crippen LogP contribution is -2.47. The van der Waals surface area contributed by atoms with Crippen molar-refractivity contribution >= 4 is 16.9 Å². The summed E-state index contributed by atoms with van der Waals surface area (Å²) in [6.45, 7) is 9.61. The molecule has 0 amide bonds. The maximum Gasteiger partial charge on any atom is 0.321 e. The quantitative estimate of drug-likeness (QED) is 0.348. The van der Waals surface area contributed by atoms with E-state index < -0.39 is 16.9 Å². The van der Waals surface area contributed by atoms with Crippen LogP contribution in [0.2, 0.25) is 32.2 Å². The molecular weight excluding hydrogens is 388 g/mol. The van der Waals surface area contributed by atoms with Crippen molar-refractivity contribution in [1.82, 2.24) is 0 Å². The van der Waals surface area contributed by atoms with Crippen LogP contribution in [0.25, 0.3) is 0 Å². The van der Waals surface area contributed by atoms with Gasteiger partial charge >= 0.3 is 8.56 Å². The van der Waals surface area contributed by atoms with Crippen LogP contribution in [0.3, 0.4) is 0 Å². The van der Waals surface area contributed by atoms with E-state index in [-0.39, 0.29) is 0 Å². The second-order valence-electron chi connectivity index (χ2n) is 8.61. The average Bonchev–Trinajstić information content (AvgIpc) is 2.72. The summed E-state index contributed by atoms with van der Waals surface area (Å²) in [4.78, 5) is 0. The monoisotopic (exact) mass is 420 g/mol. The Morgan fingerprint density at radius 3 is 1.59 bits per heavy atom. The lowest BCUT2D eigenvalue weighted by Gasteiger charge is -2.36. The normalized spacial score (nSPS) is 12.3. The van der Waals surface area contributed by atoms with Gasteiger partial charge in [0.15, 0.2) is 8.32 Å². The maximum absolute atomic E-state index is 6.78. The van der Waals surface area contributed by atoms with Crippen molar-refractivity contribution in [2.75, 3.05) is 0 Å². The van der Waals surface area contributed by atoms with E-state index in [4.69, 9.17) is 8.54 Å². The highest BCUT2D eigenvalue weighted by molar-refractivity contribution is 6.82. The highest BCUT2D eigenvalue weighted by atomic mass is 28.4. The number of hydrogen-bond acceptors (Lipinski definition) is 2. The summed E-state index contributed by atoms with van der Waals surface area (Å²) in [7, 11) is -4.20. The Balaban J connectivity index is 1.72. The second kappa shape index (κ2) is 9.68. The zero-order chi connectivity index (χ0) is 20.7. The number of benzene rings is 3. The SMILES string of the molecule is C[Si](C)(CC(c1ccccc1)c1ccccc1)O[Si](C)(C)OCc1ccccc1. The third-order valence-corrected chi connectivity index (χ3v) is 11.5. The molecular formula is C25H32O2Si2. The minimum absolute atomic E-state index is 0.345. The van der Waals surface area contributed by atoms with Crippen molar-refractivity contribution < 1.29 is 8.54 Å². The summed E-state index contributed by atoms with van der Waals surface area (Å²) < 4.78 is 13.1. The summed E-state index contributed by atoms with van der Waals surface area (Å²) in [6.07, 6.45) is 0. The van der Waals surface area contributed by atoms with Gasteiger partial charge in [0.2, 0.25) is 0 Å². The van der Waals surface area contributed by atoms with E-state index in [1.807, 2.05) is 6.07 Å². The molecule has 0 atom stereocenters. The summed E-state index contributed by atoms with van der Waals surface area (Å²) in [5, 5.41) is 0. The Morgan fingerprint density at radius 2 is 1.10 bits per heavy atom. The highest BCUT2D eigenvalue weighted by Gasteiger charge is 2.37. The first-order valence-corrected chi connectivity index (χ1v) is 16.3. The Hall–Kier alpha value is -1.99. The first-order valence-electron chi connectivity index (χ1n) is 10.3. The van der Waals surface area contributed by atoms with Gasteiger partial charge in [-0.3, -0.25) is 0 Å². The molecule has 0 aliphatic carbocycles. The summed E-state index contributed by atoms with van der Waals surface area (Å²) in [5.41, 5.74) is 3.91. The fourth-order valence-corrected chi connectivity index (χ4v) is 11.7. The van der Waals surface area contributed by atoms with Crippen molar-refractivity contribution in [3.8, 4) is 0 Å². The van der Waals surface area contributed by atoms with E-state index in [9.17, 15) is 0 Å². The first-order chi connectivity index (χ1) is 13.8. The van der Waals surface area contributed by atoms with Crippen LogP contribution in [0.4, 0.5) is 0 Å². The molecule has 3 rings (SSSR count). The fraction of sp³-hybridized carbons (Fsp3) is 0.280. The predicted molar refractivity (Wildman–Crippen MR) is 127 cm³/mol. The van der Waals surface area contributed by atoms with Gasteiger partial charge in [0.1, 0.15) is 0 Å². The van der Waals surface area contributed by atoms with Crippen LogP contribution < -0.4 is 0 Å². The van der Waals surface area contributed by atoms with Gasteiger partial charge in [-0.15, -0.1) is 0 Å². The van der Waals surface area contributed by atoms with Crippen LogP contribution in [0.5, 0.6) is 0 Å². The molecule has 0 aliphatic heterocycles. The lowest BCUT2D eigenvalue weighted by molar-refractivity contribution is 0.234. The Kier molecular flexibility index (Phi) is 7.25. The largest absolute Gasteiger partial charge is 0.436 e. The number of hydrogen-bond donors (Lipinski definition) is 0. The van der Waals surface area contributed by atoms with Gasteiger partial charge in [-0.25, -0.2) is 0 Å². The molecule has 2 nitrogen and oxygen atoms in total. The third kappa shape index (κ3) is 6.79. The average molecular weight is 421 g/mol. The molecule has 0 unspecified atom stereocenters. The van der Waals surface area contributed by atoms with Crippen molar-refractivity contribution in [3.05, 3.63) is 108 Å². The molecule has 0 radical (unpaired) electrons. The van der Waals surface area contributed by atoms with Crippen LogP contribution in [-0.4, -0.2) is 16.9 Å². The van der Waals surface area contributed by atoms with E-state index in [1.165, 1.54) is 16.7 Å². The van der Waals surface area contributed by atoms with Crippen LogP contribution >= 0.6 is 0 Å². The van der Waals surface area contributed by atoms with Gasteiger partial charge in [0, 0.05) is 5.92 Å². The molecule has 3 aromatic carbocycles. The van der Waals surface area contributed by atoms with E-state index in [0.717, 1.165) is 6.04 Å². The molecule has 4 heteroatoms. The standard InChI is InChI=1S/C25H32O2Si2/c1-28(2,27-29(3,4)26-20-22-14-8-5-9-15-22)21-25(23-16-10-6-11-17-23)24-18-12-7-13-19-24/h5-19,25H,20-21H2,1-4H3.